The smallest absolute Gasteiger partial charge is 0.229 e. The van der Waals surface area contributed by atoms with Crippen molar-refractivity contribution in [1.29, 1.82) is 0 Å². The molecule has 0 spiro atoms. The predicted molar refractivity (Wildman–Crippen MR) is 108 cm³/mol. The minimum Gasteiger partial charge on any atom is -0.372 e. The highest BCUT2D eigenvalue weighted by molar-refractivity contribution is 5.89. The quantitative estimate of drug-likeness (QED) is 0.767. The van der Waals surface area contributed by atoms with Gasteiger partial charge < -0.3 is 15.0 Å². The van der Waals surface area contributed by atoms with Crippen LogP contribution < -0.4 is 10.2 Å². The molecular weight excluding hydrogens is 340 g/mol. The number of anilines is 3. The number of aromatic nitrogens is 4. The molecule has 1 aromatic carbocycles. The summed E-state index contributed by atoms with van der Waals surface area (Å²) in [6.07, 6.45) is 2.11. The summed E-state index contributed by atoms with van der Waals surface area (Å²) < 4.78 is 7.65. The number of hydrogen-bond donors (Lipinski definition) is 1. The van der Waals surface area contributed by atoms with E-state index in [1.54, 1.807) is 4.68 Å². The maximum Gasteiger partial charge on any atom is 0.229 e. The average Bonchev–Trinajstić information content (AvgIpc) is 2.98. The van der Waals surface area contributed by atoms with Gasteiger partial charge in [0.05, 0.1) is 23.8 Å². The molecule has 4 rings (SSSR count). The van der Waals surface area contributed by atoms with Crippen molar-refractivity contribution in [2.45, 2.75) is 39.9 Å². The van der Waals surface area contributed by atoms with Crippen LogP contribution in [0.25, 0.3) is 11.0 Å². The van der Waals surface area contributed by atoms with Crippen molar-refractivity contribution in [3.8, 4) is 0 Å². The molecule has 1 aliphatic rings. The van der Waals surface area contributed by atoms with Crippen LogP contribution in [0.3, 0.4) is 0 Å². The van der Waals surface area contributed by atoms with Gasteiger partial charge in [-0.15, -0.1) is 0 Å². The molecule has 0 aliphatic carbocycles. The van der Waals surface area contributed by atoms with Crippen LogP contribution >= 0.6 is 0 Å². The summed E-state index contributed by atoms with van der Waals surface area (Å²) in [5.74, 6) is 1.49. The van der Waals surface area contributed by atoms with Gasteiger partial charge in [0.15, 0.2) is 5.65 Å². The first-order valence-electron chi connectivity index (χ1n) is 9.35. The SMILES string of the molecule is Cc1ccc(Nc2nc(N3C[C@@H](C)O[C@H](C)C3)nc3c2cnn3C)c(C)c1. The summed E-state index contributed by atoms with van der Waals surface area (Å²) >= 11 is 0. The van der Waals surface area contributed by atoms with E-state index in [9.17, 15) is 0 Å². The third-order valence-electron chi connectivity index (χ3n) is 4.92. The van der Waals surface area contributed by atoms with Gasteiger partial charge in [0, 0.05) is 25.8 Å². The molecule has 1 saturated heterocycles. The summed E-state index contributed by atoms with van der Waals surface area (Å²) in [6, 6.07) is 6.35. The van der Waals surface area contributed by atoms with Gasteiger partial charge in [0.2, 0.25) is 5.95 Å². The zero-order valence-corrected chi connectivity index (χ0v) is 16.5. The van der Waals surface area contributed by atoms with Crippen molar-refractivity contribution in [3.63, 3.8) is 0 Å². The average molecular weight is 366 g/mol. The van der Waals surface area contributed by atoms with Crippen LogP contribution in [-0.4, -0.2) is 45.0 Å². The number of aryl methyl sites for hydroxylation is 3. The van der Waals surface area contributed by atoms with Crippen molar-refractivity contribution >= 4 is 28.5 Å². The van der Waals surface area contributed by atoms with Crippen molar-refractivity contribution in [2.75, 3.05) is 23.3 Å². The van der Waals surface area contributed by atoms with Crippen molar-refractivity contribution in [2.24, 2.45) is 7.05 Å². The minimum absolute atomic E-state index is 0.148. The van der Waals surface area contributed by atoms with Gasteiger partial charge in [-0.3, -0.25) is 4.68 Å². The second kappa shape index (κ2) is 6.81. The number of nitrogens with zero attached hydrogens (tertiary/aromatic N) is 5. The van der Waals surface area contributed by atoms with Crippen LogP contribution in [-0.2, 0) is 11.8 Å². The highest BCUT2D eigenvalue weighted by Crippen LogP contribution is 2.28. The summed E-state index contributed by atoms with van der Waals surface area (Å²) in [5, 5.41) is 8.79. The topological polar surface area (TPSA) is 68.1 Å². The largest absolute Gasteiger partial charge is 0.372 e. The number of benzene rings is 1. The minimum atomic E-state index is 0.148. The first-order valence-corrected chi connectivity index (χ1v) is 9.35. The van der Waals surface area contributed by atoms with Gasteiger partial charge in [-0.2, -0.15) is 15.1 Å². The Bertz CT molecular complexity index is 972. The van der Waals surface area contributed by atoms with Crippen LogP contribution in [0.5, 0.6) is 0 Å². The zero-order chi connectivity index (χ0) is 19.1. The Morgan fingerprint density at radius 3 is 2.56 bits per heavy atom. The van der Waals surface area contributed by atoms with Crippen LogP contribution in [0.15, 0.2) is 24.4 Å². The normalized spacial score (nSPS) is 20.3. The molecule has 0 bridgehead atoms. The monoisotopic (exact) mass is 366 g/mol. The first kappa shape index (κ1) is 17.7. The fourth-order valence-corrected chi connectivity index (χ4v) is 3.67. The Hall–Kier alpha value is -2.67. The van der Waals surface area contributed by atoms with E-state index in [1.165, 1.54) is 11.1 Å². The molecule has 7 nitrogen and oxygen atoms in total. The van der Waals surface area contributed by atoms with Crippen molar-refractivity contribution in [1.82, 2.24) is 19.7 Å². The van der Waals surface area contributed by atoms with Gasteiger partial charge >= 0.3 is 0 Å². The van der Waals surface area contributed by atoms with E-state index < -0.39 is 0 Å². The van der Waals surface area contributed by atoms with E-state index in [1.807, 2.05) is 13.2 Å². The second-order valence-corrected chi connectivity index (χ2v) is 7.48. The van der Waals surface area contributed by atoms with Gasteiger partial charge in [-0.05, 0) is 39.3 Å². The lowest BCUT2D eigenvalue weighted by Crippen LogP contribution is -2.46. The number of rotatable bonds is 3. The van der Waals surface area contributed by atoms with Gasteiger partial charge in [0.25, 0.3) is 0 Å². The van der Waals surface area contributed by atoms with Gasteiger partial charge in [-0.1, -0.05) is 17.7 Å². The molecule has 7 heteroatoms. The van der Waals surface area contributed by atoms with E-state index in [0.717, 1.165) is 35.6 Å². The standard InChI is InChI=1S/C20H26N6O/c1-12-6-7-17(13(2)8-12)22-18-16-9-21-25(5)19(16)24-20(23-18)26-10-14(3)27-15(4)11-26/h6-9,14-15H,10-11H2,1-5H3,(H,22,23,24)/t14-,15-/m1/s1. The lowest BCUT2D eigenvalue weighted by molar-refractivity contribution is -0.00569. The Labute approximate surface area is 159 Å². The molecule has 0 radical (unpaired) electrons. The van der Waals surface area contributed by atoms with Crippen LogP contribution in [0.4, 0.5) is 17.5 Å². The molecule has 0 amide bonds. The summed E-state index contributed by atoms with van der Waals surface area (Å²) in [5.41, 5.74) is 4.28. The van der Waals surface area contributed by atoms with E-state index in [0.29, 0.717) is 5.95 Å². The third-order valence-corrected chi connectivity index (χ3v) is 4.92. The van der Waals surface area contributed by atoms with E-state index >= 15 is 0 Å². The molecule has 3 heterocycles. The summed E-state index contributed by atoms with van der Waals surface area (Å²) in [4.78, 5) is 11.8. The lowest BCUT2D eigenvalue weighted by Gasteiger charge is -2.35. The molecular formula is C20H26N6O. The lowest BCUT2D eigenvalue weighted by atomic mass is 10.1. The summed E-state index contributed by atoms with van der Waals surface area (Å²) in [6.45, 7) is 9.91. The van der Waals surface area contributed by atoms with Crippen LogP contribution in [0.2, 0.25) is 0 Å². The molecule has 142 valence electrons. The molecule has 2 aromatic heterocycles. The van der Waals surface area contributed by atoms with E-state index in [4.69, 9.17) is 14.7 Å². The Kier molecular flexibility index (Phi) is 4.47. The second-order valence-electron chi connectivity index (χ2n) is 7.48. The number of nitrogens with one attached hydrogen (secondary N) is 1. The fourth-order valence-electron chi connectivity index (χ4n) is 3.67. The zero-order valence-electron chi connectivity index (χ0n) is 16.5. The number of hydrogen-bond acceptors (Lipinski definition) is 6. The molecule has 1 fully saturated rings. The predicted octanol–water partition coefficient (Wildman–Crippen LogP) is 3.34. The van der Waals surface area contributed by atoms with Crippen molar-refractivity contribution < 1.29 is 4.74 Å². The molecule has 0 saturated carbocycles. The molecule has 1 N–H and O–H groups in total. The van der Waals surface area contributed by atoms with Gasteiger partial charge in [-0.25, -0.2) is 0 Å². The number of ether oxygens (including phenoxy) is 1. The number of morpholine rings is 1. The van der Waals surface area contributed by atoms with Crippen molar-refractivity contribution in [3.05, 3.63) is 35.5 Å². The Morgan fingerprint density at radius 1 is 1.11 bits per heavy atom. The molecule has 0 unspecified atom stereocenters. The highest BCUT2D eigenvalue weighted by Gasteiger charge is 2.25. The van der Waals surface area contributed by atoms with E-state index in [2.05, 4.69) is 61.2 Å². The molecule has 3 aromatic rings. The third kappa shape index (κ3) is 3.47. The fraction of sp³-hybridized carbons (Fsp3) is 0.450. The van der Waals surface area contributed by atoms with Gasteiger partial charge in [0.1, 0.15) is 5.82 Å². The molecule has 27 heavy (non-hydrogen) atoms. The van der Waals surface area contributed by atoms with Crippen LogP contribution in [0.1, 0.15) is 25.0 Å². The summed E-state index contributed by atoms with van der Waals surface area (Å²) in [7, 11) is 1.91. The van der Waals surface area contributed by atoms with Crippen LogP contribution in [0, 0.1) is 13.8 Å². The first-order chi connectivity index (χ1) is 12.9. The maximum atomic E-state index is 5.86. The molecule has 2 atom stereocenters. The Balaban J connectivity index is 1.77. The maximum absolute atomic E-state index is 5.86. The van der Waals surface area contributed by atoms with E-state index in [-0.39, 0.29) is 12.2 Å². The number of fused-ring (bicyclic) bond motifs is 1. The Morgan fingerprint density at radius 2 is 1.85 bits per heavy atom. The highest BCUT2D eigenvalue weighted by atomic mass is 16.5. The molecule has 1 aliphatic heterocycles.